The molecular formula is C18H16N4O3. The number of hydrogen-bond acceptors (Lipinski definition) is 6. The molecule has 7 nitrogen and oxygen atoms in total. The molecule has 0 amide bonds. The van der Waals surface area contributed by atoms with E-state index in [4.69, 9.17) is 20.0 Å². The fourth-order valence-corrected chi connectivity index (χ4v) is 2.28. The Balaban J connectivity index is 2.39. The highest BCUT2D eigenvalue weighted by Crippen LogP contribution is 2.27. The van der Waals surface area contributed by atoms with Gasteiger partial charge >= 0.3 is 0 Å². The largest absolute Gasteiger partial charge is 0.493 e. The van der Waals surface area contributed by atoms with Crippen molar-refractivity contribution in [1.82, 2.24) is 4.68 Å². The van der Waals surface area contributed by atoms with Gasteiger partial charge in [-0.15, -0.1) is 0 Å². The topological polar surface area (TPSA) is 100 Å². The normalized spacial score (nSPS) is 10.3. The number of methoxy groups -OCH3 is 1. The number of nitriles is 2. The first-order chi connectivity index (χ1) is 12.0. The Hall–Kier alpha value is -3.58. The van der Waals surface area contributed by atoms with E-state index in [1.807, 2.05) is 12.1 Å². The third-order valence-electron chi connectivity index (χ3n) is 3.47. The number of nitrogens with zero attached hydrogens (tertiary/aromatic N) is 4. The SMILES string of the molecule is COc1cc(/C=N\n2c(C)cc(C)c(C#N)c2=O)ccc1OCC#N. The highest BCUT2D eigenvalue weighted by Gasteiger charge is 2.09. The quantitative estimate of drug-likeness (QED) is 0.779. The molecule has 25 heavy (non-hydrogen) atoms. The highest BCUT2D eigenvalue weighted by atomic mass is 16.5. The lowest BCUT2D eigenvalue weighted by atomic mass is 10.1. The van der Waals surface area contributed by atoms with Crippen molar-refractivity contribution in [2.24, 2.45) is 5.10 Å². The molecule has 0 saturated heterocycles. The van der Waals surface area contributed by atoms with E-state index in [9.17, 15) is 4.79 Å². The summed E-state index contributed by atoms with van der Waals surface area (Å²) in [6.45, 7) is 3.37. The lowest BCUT2D eigenvalue weighted by Gasteiger charge is -2.09. The Morgan fingerprint density at radius 1 is 1.24 bits per heavy atom. The number of benzene rings is 1. The van der Waals surface area contributed by atoms with E-state index in [-0.39, 0.29) is 12.2 Å². The van der Waals surface area contributed by atoms with Crippen molar-refractivity contribution < 1.29 is 9.47 Å². The monoisotopic (exact) mass is 336 g/mol. The van der Waals surface area contributed by atoms with Gasteiger partial charge < -0.3 is 9.47 Å². The van der Waals surface area contributed by atoms with E-state index in [1.54, 1.807) is 38.1 Å². The van der Waals surface area contributed by atoms with Crippen LogP contribution < -0.4 is 15.0 Å². The summed E-state index contributed by atoms with van der Waals surface area (Å²) in [5.41, 5.74) is 1.53. The number of rotatable bonds is 5. The Morgan fingerprint density at radius 2 is 2.00 bits per heavy atom. The molecule has 7 heteroatoms. The van der Waals surface area contributed by atoms with Gasteiger partial charge in [0.25, 0.3) is 5.56 Å². The maximum Gasteiger partial charge on any atom is 0.289 e. The zero-order valence-corrected chi connectivity index (χ0v) is 14.1. The van der Waals surface area contributed by atoms with Crippen LogP contribution in [0.1, 0.15) is 22.4 Å². The molecule has 1 heterocycles. The van der Waals surface area contributed by atoms with E-state index < -0.39 is 5.56 Å². The summed E-state index contributed by atoms with van der Waals surface area (Å²) in [5.74, 6) is 0.890. The van der Waals surface area contributed by atoms with Gasteiger partial charge in [0, 0.05) is 5.69 Å². The second-order valence-corrected chi connectivity index (χ2v) is 5.17. The van der Waals surface area contributed by atoms with E-state index in [1.165, 1.54) is 18.0 Å². The molecule has 1 aromatic heterocycles. The fraction of sp³-hybridized carbons (Fsp3) is 0.222. The van der Waals surface area contributed by atoms with Crippen LogP contribution >= 0.6 is 0 Å². The van der Waals surface area contributed by atoms with E-state index in [0.29, 0.717) is 28.3 Å². The summed E-state index contributed by atoms with van der Waals surface area (Å²) < 4.78 is 11.7. The third-order valence-corrected chi connectivity index (χ3v) is 3.47. The van der Waals surface area contributed by atoms with Gasteiger partial charge in [-0.3, -0.25) is 4.79 Å². The second kappa shape index (κ2) is 7.80. The van der Waals surface area contributed by atoms with Crippen LogP contribution in [0.3, 0.4) is 0 Å². The van der Waals surface area contributed by atoms with Crippen molar-refractivity contribution in [3.8, 4) is 23.6 Å². The first kappa shape index (κ1) is 17.8. The molecular weight excluding hydrogens is 320 g/mol. The summed E-state index contributed by atoms with van der Waals surface area (Å²) in [6, 6.07) is 10.6. The maximum absolute atomic E-state index is 12.3. The molecule has 0 aliphatic rings. The molecule has 0 atom stereocenters. The Labute approximate surface area is 145 Å². The van der Waals surface area contributed by atoms with E-state index in [0.717, 1.165) is 0 Å². The molecule has 126 valence electrons. The molecule has 0 spiro atoms. The molecule has 0 saturated carbocycles. The Kier molecular flexibility index (Phi) is 5.54. The van der Waals surface area contributed by atoms with Crippen LogP contribution in [0.5, 0.6) is 11.5 Å². The van der Waals surface area contributed by atoms with Crippen LogP contribution in [0.2, 0.25) is 0 Å². The molecule has 2 rings (SSSR count). The predicted molar refractivity (Wildman–Crippen MR) is 92.0 cm³/mol. The molecule has 2 aromatic rings. The lowest BCUT2D eigenvalue weighted by molar-refractivity contribution is 0.329. The number of aryl methyl sites for hydroxylation is 2. The van der Waals surface area contributed by atoms with Crippen LogP contribution in [-0.4, -0.2) is 24.6 Å². The number of ether oxygens (including phenoxy) is 2. The zero-order valence-electron chi connectivity index (χ0n) is 14.1. The number of aromatic nitrogens is 1. The maximum atomic E-state index is 12.3. The molecule has 0 bridgehead atoms. The Bertz CT molecular complexity index is 962. The summed E-state index contributed by atoms with van der Waals surface area (Å²) in [6.07, 6.45) is 1.49. The van der Waals surface area contributed by atoms with Crippen molar-refractivity contribution in [3.63, 3.8) is 0 Å². The van der Waals surface area contributed by atoms with Gasteiger partial charge in [-0.1, -0.05) is 0 Å². The minimum Gasteiger partial charge on any atom is -0.493 e. The van der Waals surface area contributed by atoms with Crippen molar-refractivity contribution in [3.05, 3.63) is 57.0 Å². The smallest absolute Gasteiger partial charge is 0.289 e. The standard InChI is InChI=1S/C18H16N4O3/c1-12-8-13(2)22(18(23)15(12)10-20)21-11-14-4-5-16(25-7-6-19)17(9-14)24-3/h4-5,8-9,11H,7H2,1-3H3/b21-11-. The average Bonchev–Trinajstić information content (AvgIpc) is 2.60. The van der Waals surface area contributed by atoms with Gasteiger partial charge in [0.05, 0.1) is 13.3 Å². The zero-order chi connectivity index (χ0) is 18.4. The van der Waals surface area contributed by atoms with E-state index in [2.05, 4.69) is 5.10 Å². The van der Waals surface area contributed by atoms with Crippen molar-refractivity contribution in [2.75, 3.05) is 13.7 Å². The van der Waals surface area contributed by atoms with Crippen LogP contribution in [0, 0.1) is 36.5 Å². The van der Waals surface area contributed by atoms with Gasteiger partial charge in [-0.05, 0) is 49.2 Å². The van der Waals surface area contributed by atoms with Gasteiger partial charge in [0.1, 0.15) is 17.7 Å². The van der Waals surface area contributed by atoms with Gasteiger partial charge in [-0.25, -0.2) is 4.68 Å². The number of pyridine rings is 1. The van der Waals surface area contributed by atoms with Crippen LogP contribution in [0.15, 0.2) is 34.2 Å². The minimum absolute atomic E-state index is 0.0700. The molecule has 0 aliphatic heterocycles. The molecule has 0 fully saturated rings. The summed E-state index contributed by atoms with van der Waals surface area (Å²) in [4.78, 5) is 12.3. The minimum atomic E-state index is -0.461. The Morgan fingerprint density at radius 3 is 2.64 bits per heavy atom. The van der Waals surface area contributed by atoms with E-state index >= 15 is 0 Å². The summed E-state index contributed by atoms with van der Waals surface area (Å²) >= 11 is 0. The van der Waals surface area contributed by atoms with Gasteiger partial charge in [0.2, 0.25) is 0 Å². The van der Waals surface area contributed by atoms with Crippen molar-refractivity contribution in [1.29, 1.82) is 10.5 Å². The number of hydrogen-bond donors (Lipinski definition) is 0. The average molecular weight is 336 g/mol. The van der Waals surface area contributed by atoms with Gasteiger partial charge in [-0.2, -0.15) is 15.6 Å². The lowest BCUT2D eigenvalue weighted by Crippen LogP contribution is -2.22. The molecule has 0 aliphatic carbocycles. The summed E-state index contributed by atoms with van der Waals surface area (Å²) in [7, 11) is 1.49. The molecule has 0 unspecified atom stereocenters. The van der Waals surface area contributed by atoms with Crippen LogP contribution in [-0.2, 0) is 0 Å². The first-order valence-corrected chi connectivity index (χ1v) is 7.37. The molecule has 1 aromatic carbocycles. The summed E-state index contributed by atoms with van der Waals surface area (Å²) in [5, 5.41) is 21.9. The second-order valence-electron chi connectivity index (χ2n) is 5.17. The molecule has 0 radical (unpaired) electrons. The van der Waals surface area contributed by atoms with Crippen molar-refractivity contribution >= 4 is 6.21 Å². The van der Waals surface area contributed by atoms with Crippen molar-refractivity contribution in [2.45, 2.75) is 13.8 Å². The van der Waals surface area contributed by atoms with Crippen LogP contribution in [0.4, 0.5) is 0 Å². The first-order valence-electron chi connectivity index (χ1n) is 7.37. The fourth-order valence-electron chi connectivity index (χ4n) is 2.28. The van der Waals surface area contributed by atoms with Gasteiger partial charge in [0.15, 0.2) is 18.1 Å². The molecule has 0 N–H and O–H groups in total. The highest BCUT2D eigenvalue weighted by molar-refractivity contribution is 5.80. The third kappa shape index (κ3) is 3.85. The van der Waals surface area contributed by atoms with Crippen LogP contribution in [0.25, 0.3) is 0 Å². The predicted octanol–water partition coefficient (Wildman–Crippen LogP) is 2.13.